The van der Waals surface area contributed by atoms with E-state index in [4.69, 9.17) is 10.4 Å². The normalized spacial score (nSPS) is 13.5. The second-order valence-electron chi connectivity index (χ2n) is 5.03. The minimum atomic E-state index is -1.20. The molecule has 7 heteroatoms. The number of anilines is 1. The van der Waals surface area contributed by atoms with Crippen LogP contribution in [0, 0.1) is 28.4 Å². The second kappa shape index (κ2) is 5.79. The number of carboxylic acid groups (broad SMARTS) is 1. The van der Waals surface area contributed by atoms with Gasteiger partial charge in [0.1, 0.15) is 0 Å². The van der Waals surface area contributed by atoms with Crippen LogP contribution in [0.4, 0.5) is 11.4 Å². The van der Waals surface area contributed by atoms with Crippen molar-refractivity contribution in [2.45, 2.75) is 32.2 Å². The van der Waals surface area contributed by atoms with Gasteiger partial charge in [0.25, 0.3) is 5.69 Å². The largest absolute Gasteiger partial charge is 0.478 e. The molecule has 0 bridgehead atoms. The predicted octanol–water partition coefficient (Wildman–Crippen LogP) is 2.48. The van der Waals surface area contributed by atoms with Crippen LogP contribution in [0.25, 0.3) is 0 Å². The molecule has 7 nitrogen and oxygen atoms in total. The lowest BCUT2D eigenvalue weighted by Crippen LogP contribution is -2.28. The summed E-state index contributed by atoms with van der Waals surface area (Å²) >= 11 is 0. The second-order valence-corrected chi connectivity index (χ2v) is 5.03. The molecule has 1 aliphatic rings. The number of aromatic carboxylic acids is 1. The van der Waals surface area contributed by atoms with E-state index < -0.39 is 10.9 Å². The van der Waals surface area contributed by atoms with Gasteiger partial charge in [-0.25, -0.2) is 4.79 Å². The Morgan fingerprint density at radius 1 is 1.57 bits per heavy atom. The molecule has 0 unspecified atom stereocenters. The van der Waals surface area contributed by atoms with E-state index in [-0.39, 0.29) is 17.3 Å². The third-order valence-electron chi connectivity index (χ3n) is 3.56. The Labute approximate surface area is 121 Å². The topological polar surface area (TPSA) is 107 Å². The Hall–Kier alpha value is -2.62. The Morgan fingerprint density at radius 3 is 2.71 bits per heavy atom. The third kappa shape index (κ3) is 3.11. The minimum absolute atomic E-state index is 0.107. The standard InChI is InChI=1S/C14H15N3O4/c1-9-12(16(6-2-5-15)11-3-4-11)7-10(14(18)19)8-13(9)17(20)21/h7-8,11H,2-4,6H2,1H3,(H,18,19). The number of carbonyl (C=O) groups is 1. The van der Waals surface area contributed by atoms with Crippen LogP contribution in [-0.2, 0) is 0 Å². The van der Waals surface area contributed by atoms with Crippen LogP contribution in [0.3, 0.4) is 0 Å². The van der Waals surface area contributed by atoms with Gasteiger partial charge in [0, 0.05) is 24.3 Å². The Kier molecular flexibility index (Phi) is 4.08. The molecule has 1 fully saturated rings. The van der Waals surface area contributed by atoms with Crippen molar-refractivity contribution in [2.24, 2.45) is 0 Å². The minimum Gasteiger partial charge on any atom is -0.478 e. The molecule has 1 aliphatic carbocycles. The first kappa shape index (κ1) is 14.8. The van der Waals surface area contributed by atoms with E-state index in [2.05, 4.69) is 6.07 Å². The average molecular weight is 289 g/mol. The zero-order valence-electron chi connectivity index (χ0n) is 11.6. The van der Waals surface area contributed by atoms with Crippen LogP contribution in [0.2, 0.25) is 0 Å². The lowest BCUT2D eigenvalue weighted by Gasteiger charge is -2.25. The van der Waals surface area contributed by atoms with E-state index in [1.165, 1.54) is 6.07 Å². The zero-order chi connectivity index (χ0) is 15.6. The Bertz CT molecular complexity index is 632. The van der Waals surface area contributed by atoms with Crippen molar-refractivity contribution in [1.82, 2.24) is 0 Å². The highest BCUT2D eigenvalue weighted by atomic mass is 16.6. The summed E-state index contributed by atoms with van der Waals surface area (Å²) in [5, 5.41) is 29.0. The first-order chi connectivity index (χ1) is 9.95. The van der Waals surface area contributed by atoms with Crippen molar-refractivity contribution in [3.8, 4) is 6.07 Å². The number of benzene rings is 1. The quantitative estimate of drug-likeness (QED) is 0.636. The van der Waals surface area contributed by atoms with Gasteiger partial charge in [-0.2, -0.15) is 5.26 Å². The maximum absolute atomic E-state index is 11.2. The molecule has 0 spiro atoms. The number of nitro groups is 1. The molecular formula is C14H15N3O4. The number of hydrogen-bond acceptors (Lipinski definition) is 5. The van der Waals surface area contributed by atoms with Crippen LogP contribution in [0.15, 0.2) is 12.1 Å². The van der Waals surface area contributed by atoms with Crippen molar-refractivity contribution >= 4 is 17.3 Å². The van der Waals surface area contributed by atoms with Crippen LogP contribution in [0.1, 0.15) is 35.2 Å². The molecule has 21 heavy (non-hydrogen) atoms. The smallest absolute Gasteiger partial charge is 0.336 e. The highest BCUT2D eigenvalue weighted by Crippen LogP contribution is 2.37. The zero-order valence-corrected chi connectivity index (χ0v) is 11.6. The highest BCUT2D eigenvalue weighted by molar-refractivity contribution is 5.91. The number of nitriles is 1. The fourth-order valence-electron chi connectivity index (χ4n) is 2.35. The summed E-state index contributed by atoms with van der Waals surface area (Å²) in [6, 6.07) is 4.83. The van der Waals surface area contributed by atoms with Crippen molar-refractivity contribution in [3.05, 3.63) is 33.4 Å². The Balaban J connectivity index is 2.51. The van der Waals surface area contributed by atoms with Gasteiger partial charge in [0.15, 0.2) is 0 Å². The molecule has 0 radical (unpaired) electrons. The number of nitro benzene ring substituents is 1. The maximum atomic E-state index is 11.2. The fraction of sp³-hybridized carbons (Fsp3) is 0.429. The monoisotopic (exact) mass is 289 g/mol. The van der Waals surface area contributed by atoms with Gasteiger partial charge in [-0.1, -0.05) is 0 Å². The molecule has 1 N–H and O–H groups in total. The summed E-state index contributed by atoms with van der Waals surface area (Å²) in [7, 11) is 0. The molecule has 1 aromatic carbocycles. The first-order valence-corrected chi connectivity index (χ1v) is 6.61. The van der Waals surface area contributed by atoms with Crippen molar-refractivity contribution in [1.29, 1.82) is 5.26 Å². The molecule has 0 aliphatic heterocycles. The molecule has 2 rings (SSSR count). The van der Waals surface area contributed by atoms with Gasteiger partial charge in [-0.05, 0) is 25.8 Å². The molecule has 110 valence electrons. The summed E-state index contributed by atoms with van der Waals surface area (Å²) in [5.74, 6) is -1.20. The van der Waals surface area contributed by atoms with Crippen molar-refractivity contribution in [3.63, 3.8) is 0 Å². The molecule has 1 saturated carbocycles. The van der Waals surface area contributed by atoms with Crippen LogP contribution < -0.4 is 4.90 Å². The van der Waals surface area contributed by atoms with Gasteiger partial charge < -0.3 is 10.0 Å². The molecule has 0 amide bonds. The summed E-state index contributed by atoms with van der Waals surface area (Å²) in [6.45, 7) is 2.06. The molecule has 0 saturated heterocycles. The van der Waals surface area contributed by atoms with Gasteiger partial charge in [-0.15, -0.1) is 0 Å². The lowest BCUT2D eigenvalue weighted by molar-refractivity contribution is -0.385. The van der Waals surface area contributed by atoms with Crippen LogP contribution in [0.5, 0.6) is 0 Å². The molecule has 0 heterocycles. The number of rotatable bonds is 6. The van der Waals surface area contributed by atoms with Gasteiger partial charge in [-0.3, -0.25) is 10.1 Å². The predicted molar refractivity (Wildman–Crippen MR) is 75.4 cm³/mol. The molecule has 0 atom stereocenters. The summed E-state index contributed by atoms with van der Waals surface area (Å²) in [4.78, 5) is 23.6. The molecule has 1 aromatic rings. The summed E-state index contributed by atoms with van der Waals surface area (Å²) < 4.78 is 0. The van der Waals surface area contributed by atoms with E-state index >= 15 is 0 Å². The van der Waals surface area contributed by atoms with E-state index in [9.17, 15) is 14.9 Å². The number of carboxylic acids is 1. The number of hydrogen-bond donors (Lipinski definition) is 1. The summed E-state index contributed by atoms with van der Waals surface area (Å²) in [6.07, 6.45) is 2.20. The van der Waals surface area contributed by atoms with Crippen molar-refractivity contribution < 1.29 is 14.8 Å². The maximum Gasteiger partial charge on any atom is 0.336 e. The van der Waals surface area contributed by atoms with E-state index in [1.54, 1.807) is 6.92 Å². The average Bonchev–Trinajstić information content (AvgIpc) is 3.24. The number of nitrogens with zero attached hydrogens (tertiary/aromatic N) is 3. The van der Waals surface area contributed by atoms with Gasteiger partial charge in [0.2, 0.25) is 0 Å². The third-order valence-corrected chi connectivity index (χ3v) is 3.56. The fourth-order valence-corrected chi connectivity index (χ4v) is 2.35. The highest BCUT2D eigenvalue weighted by Gasteiger charge is 2.32. The SMILES string of the molecule is Cc1c(N(CCC#N)C2CC2)cc(C(=O)O)cc1[N+](=O)[O-]. The first-order valence-electron chi connectivity index (χ1n) is 6.61. The van der Waals surface area contributed by atoms with E-state index in [0.29, 0.717) is 24.2 Å². The van der Waals surface area contributed by atoms with Crippen LogP contribution >= 0.6 is 0 Å². The molecule has 0 aromatic heterocycles. The van der Waals surface area contributed by atoms with E-state index in [0.717, 1.165) is 18.9 Å². The Morgan fingerprint density at radius 2 is 2.24 bits per heavy atom. The lowest BCUT2D eigenvalue weighted by atomic mass is 10.1. The van der Waals surface area contributed by atoms with Crippen LogP contribution in [-0.4, -0.2) is 28.6 Å². The summed E-state index contributed by atoms with van der Waals surface area (Å²) in [5.41, 5.74) is 0.673. The molecular weight excluding hydrogens is 274 g/mol. The van der Waals surface area contributed by atoms with E-state index in [1.807, 2.05) is 4.90 Å². The van der Waals surface area contributed by atoms with Gasteiger partial charge in [0.05, 0.1) is 28.5 Å². The van der Waals surface area contributed by atoms with Gasteiger partial charge >= 0.3 is 5.97 Å². The van der Waals surface area contributed by atoms with Crippen molar-refractivity contribution in [2.75, 3.05) is 11.4 Å².